The minimum atomic E-state index is -0.779. The van der Waals surface area contributed by atoms with Crippen LogP contribution in [0.25, 0.3) is 0 Å². The summed E-state index contributed by atoms with van der Waals surface area (Å²) in [6.45, 7) is 1.01. The number of rotatable bonds is 2. The Hall–Kier alpha value is -2.12. The maximum Gasteiger partial charge on any atom is 0.327 e. The number of hydrogen-bond acceptors (Lipinski definition) is 4. The highest BCUT2D eigenvalue weighted by atomic mass is 35.5. The van der Waals surface area contributed by atoms with E-state index in [0.717, 1.165) is 12.8 Å². The molecule has 3 aliphatic heterocycles. The molecule has 7 nitrogen and oxygen atoms in total. The number of carbonyl (C=O) groups is 3. The third kappa shape index (κ3) is 3.16. The Morgan fingerprint density at radius 1 is 1.07 bits per heavy atom. The lowest BCUT2D eigenvalue weighted by molar-refractivity contribution is -0.141. The van der Waals surface area contributed by atoms with Gasteiger partial charge in [-0.25, -0.2) is 4.79 Å². The van der Waals surface area contributed by atoms with Crippen molar-refractivity contribution in [1.82, 2.24) is 20.0 Å². The molecule has 0 unspecified atom stereocenters. The number of halogens is 1. The Morgan fingerprint density at radius 3 is 2.29 bits per heavy atom. The summed E-state index contributed by atoms with van der Waals surface area (Å²) in [5.41, 5.74) is 0.434. The van der Waals surface area contributed by atoms with Gasteiger partial charge in [-0.2, -0.15) is 0 Å². The van der Waals surface area contributed by atoms with E-state index in [1.165, 1.54) is 17.5 Å². The van der Waals surface area contributed by atoms with Crippen molar-refractivity contribution in [3.05, 3.63) is 35.9 Å². The van der Waals surface area contributed by atoms with Crippen LogP contribution in [-0.4, -0.2) is 71.3 Å². The zero-order valence-electron chi connectivity index (χ0n) is 16.3. The standard InChI is InChI=1S/C20H26N4O3.ClH/c1-22-18(26)20(23(2)19(22)27)10-12-24(13-11-20)17(25)16-9-8-15(21-16)14-6-4-3-5-7-14;/h3-7,15-16,21H,8-13H2,1-2H3;1H/t15-,16-;/m1./s1. The molecule has 28 heavy (non-hydrogen) atoms. The van der Waals surface area contributed by atoms with Crippen LogP contribution >= 0.6 is 12.4 Å². The van der Waals surface area contributed by atoms with Crippen LogP contribution in [0.1, 0.15) is 37.3 Å². The predicted octanol–water partition coefficient (Wildman–Crippen LogP) is 1.79. The van der Waals surface area contributed by atoms with Crippen LogP contribution in [0.5, 0.6) is 0 Å². The fourth-order valence-electron chi connectivity index (χ4n) is 4.70. The van der Waals surface area contributed by atoms with Gasteiger partial charge < -0.3 is 9.80 Å². The third-order valence-corrected chi connectivity index (χ3v) is 6.47. The topological polar surface area (TPSA) is 73.0 Å². The number of nitrogens with zero attached hydrogens (tertiary/aromatic N) is 3. The van der Waals surface area contributed by atoms with Crippen LogP contribution < -0.4 is 5.32 Å². The van der Waals surface area contributed by atoms with Crippen LogP contribution in [0.4, 0.5) is 4.79 Å². The molecule has 152 valence electrons. The second kappa shape index (κ2) is 7.72. The average molecular weight is 407 g/mol. The molecule has 1 spiro atoms. The fraction of sp³-hybridized carbons (Fsp3) is 0.550. The summed E-state index contributed by atoms with van der Waals surface area (Å²) in [5.74, 6) is -0.0405. The minimum Gasteiger partial charge on any atom is -0.341 e. The Labute approximate surface area is 171 Å². The van der Waals surface area contributed by atoms with E-state index in [1.807, 2.05) is 23.1 Å². The first kappa shape index (κ1) is 20.6. The monoisotopic (exact) mass is 406 g/mol. The number of nitrogens with one attached hydrogen (secondary N) is 1. The molecule has 8 heteroatoms. The van der Waals surface area contributed by atoms with Crippen LogP contribution in [0.15, 0.2) is 30.3 Å². The highest BCUT2D eigenvalue weighted by Gasteiger charge is 2.55. The molecule has 0 saturated carbocycles. The number of likely N-dealkylation sites (tertiary alicyclic amines) is 1. The SMILES string of the molecule is CN1C(=O)N(C)C2(CCN(C(=O)[C@H]3CC[C@H](c4ccccc4)N3)CC2)C1=O.Cl. The predicted molar refractivity (Wildman–Crippen MR) is 107 cm³/mol. The van der Waals surface area contributed by atoms with E-state index in [0.29, 0.717) is 25.9 Å². The molecule has 0 aromatic heterocycles. The van der Waals surface area contributed by atoms with Gasteiger partial charge in [0.1, 0.15) is 5.54 Å². The molecule has 3 aliphatic rings. The smallest absolute Gasteiger partial charge is 0.327 e. The lowest BCUT2D eigenvalue weighted by Crippen LogP contribution is -2.57. The van der Waals surface area contributed by atoms with Gasteiger partial charge in [-0.15, -0.1) is 12.4 Å². The first-order valence-electron chi connectivity index (χ1n) is 9.60. The second-order valence-corrected chi connectivity index (χ2v) is 7.82. The molecule has 0 bridgehead atoms. The molecular formula is C20H27ClN4O3. The Balaban J connectivity index is 0.00000225. The molecule has 3 saturated heterocycles. The third-order valence-electron chi connectivity index (χ3n) is 6.47. The van der Waals surface area contributed by atoms with Gasteiger partial charge >= 0.3 is 6.03 Å². The summed E-state index contributed by atoms with van der Waals surface area (Å²) >= 11 is 0. The lowest BCUT2D eigenvalue weighted by atomic mass is 9.86. The van der Waals surface area contributed by atoms with Gasteiger partial charge in [-0.05, 0) is 31.2 Å². The first-order chi connectivity index (χ1) is 12.9. The number of hydrogen-bond donors (Lipinski definition) is 1. The number of carbonyl (C=O) groups excluding carboxylic acids is 3. The van der Waals surface area contributed by atoms with Crippen molar-refractivity contribution in [2.75, 3.05) is 27.2 Å². The van der Waals surface area contributed by atoms with Gasteiger partial charge in [-0.1, -0.05) is 30.3 Å². The summed E-state index contributed by atoms with van der Waals surface area (Å²) in [6, 6.07) is 9.98. The van der Waals surface area contributed by atoms with Crippen molar-refractivity contribution in [3.8, 4) is 0 Å². The Morgan fingerprint density at radius 2 is 1.71 bits per heavy atom. The summed E-state index contributed by atoms with van der Waals surface area (Å²) in [4.78, 5) is 42.3. The number of benzene rings is 1. The molecule has 0 aliphatic carbocycles. The Kier molecular flexibility index (Phi) is 5.68. The largest absolute Gasteiger partial charge is 0.341 e. The fourth-order valence-corrected chi connectivity index (χ4v) is 4.70. The van der Waals surface area contributed by atoms with Crippen molar-refractivity contribution >= 4 is 30.3 Å². The van der Waals surface area contributed by atoms with Gasteiger partial charge in [-0.3, -0.25) is 19.8 Å². The van der Waals surface area contributed by atoms with E-state index in [-0.39, 0.29) is 42.3 Å². The zero-order chi connectivity index (χ0) is 19.2. The van der Waals surface area contributed by atoms with Crippen LogP contribution in [0, 0.1) is 0 Å². The van der Waals surface area contributed by atoms with Crippen molar-refractivity contribution in [2.45, 2.75) is 43.3 Å². The second-order valence-electron chi connectivity index (χ2n) is 7.82. The van der Waals surface area contributed by atoms with E-state index in [9.17, 15) is 14.4 Å². The highest BCUT2D eigenvalue weighted by molar-refractivity contribution is 6.06. The molecule has 3 fully saturated rings. The molecule has 1 N–H and O–H groups in total. The number of piperidine rings is 1. The minimum absolute atomic E-state index is 0. The number of imide groups is 1. The van der Waals surface area contributed by atoms with Gasteiger partial charge in [0.15, 0.2) is 0 Å². The van der Waals surface area contributed by atoms with E-state index in [2.05, 4.69) is 17.4 Å². The van der Waals surface area contributed by atoms with E-state index >= 15 is 0 Å². The summed E-state index contributed by atoms with van der Waals surface area (Å²) in [5, 5.41) is 3.47. The van der Waals surface area contributed by atoms with Crippen molar-refractivity contribution in [3.63, 3.8) is 0 Å². The van der Waals surface area contributed by atoms with Gasteiger partial charge in [0.25, 0.3) is 5.91 Å². The lowest BCUT2D eigenvalue weighted by Gasteiger charge is -2.41. The molecule has 2 atom stereocenters. The first-order valence-corrected chi connectivity index (χ1v) is 9.60. The van der Waals surface area contributed by atoms with Crippen LogP contribution in [0.3, 0.4) is 0 Å². The molecule has 3 heterocycles. The molecule has 1 aromatic rings. The van der Waals surface area contributed by atoms with Crippen molar-refractivity contribution in [1.29, 1.82) is 0 Å². The van der Waals surface area contributed by atoms with E-state index < -0.39 is 5.54 Å². The van der Waals surface area contributed by atoms with Crippen molar-refractivity contribution < 1.29 is 14.4 Å². The molecular weight excluding hydrogens is 380 g/mol. The van der Waals surface area contributed by atoms with Crippen LogP contribution in [0.2, 0.25) is 0 Å². The van der Waals surface area contributed by atoms with Gasteiger partial charge in [0.05, 0.1) is 6.04 Å². The number of urea groups is 1. The molecule has 4 rings (SSSR count). The normalized spacial score (nSPS) is 26.7. The van der Waals surface area contributed by atoms with Gasteiger partial charge in [0, 0.05) is 33.2 Å². The van der Waals surface area contributed by atoms with E-state index in [1.54, 1.807) is 11.9 Å². The summed E-state index contributed by atoms with van der Waals surface area (Å²) in [6.07, 6.45) is 2.76. The van der Waals surface area contributed by atoms with Crippen LogP contribution in [-0.2, 0) is 9.59 Å². The maximum atomic E-state index is 13.0. The average Bonchev–Trinajstić information content (AvgIpc) is 3.26. The summed E-state index contributed by atoms with van der Waals surface area (Å²) < 4.78 is 0. The quantitative estimate of drug-likeness (QED) is 0.760. The molecule has 1 aromatic carbocycles. The molecule has 4 amide bonds. The van der Waals surface area contributed by atoms with Gasteiger partial charge in [0.2, 0.25) is 5.91 Å². The summed E-state index contributed by atoms with van der Waals surface area (Å²) in [7, 11) is 3.21. The van der Waals surface area contributed by atoms with E-state index in [4.69, 9.17) is 0 Å². The highest BCUT2D eigenvalue weighted by Crippen LogP contribution is 2.36. The maximum absolute atomic E-state index is 13.0. The van der Waals surface area contributed by atoms with Crippen molar-refractivity contribution in [2.24, 2.45) is 0 Å². The molecule has 0 radical (unpaired) electrons. The zero-order valence-corrected chi connectivity index (χ0v) is 17.1. The Bertz CT molecular complexity index is 764. The number of amides is 4. The number of likely N-dealkylation sites (N-methyl/N-ethyl adjacent to an activating group) is 2.